The maximum Gasteiger partial charge on any atom is 0.257 e. The predicted molar refractivity (Wildman–Crippen MR) is 101 cm³/mol. The first-order chi connectivity index (χ1) is 12.1. The van der Waals surface area contributed by atoms with Gasteiger partial charge in [-0.3, -0.25) is 4.79 Å². The summed E-state index contributed by atoms with van der Waals surface area (Å²) in [6.45, 7) is 3.92. The van der Waals surface area contributed by atoms with Crippen LogP contribution in [0.1, 0.15) is 24.2 Å². The van der Waals surface area contributed by atoms with Crippen molar-refractivity contribution in [2.24, 2.45) is 5.92 Å². The molecule has 0 aliphatic rings. The average Bonchev–Trinajstić information content (AvgIpc) is 2.52. The second kappa shape index (κ2) is 8.35. The van der Waals surface area contributed by atoms with E-state index in [0.29, 0.717) is 0 Å². The summed E-state index contributed by atoms with van der Waals surface area (Å²) in [7, 11) is -3.92. The molecular formula is C17H17Cl2FN2O3S. The summed E-state index contributed by atoms with van der Waals surface area (Å²) in [6.07, 6.45) is 0. The van der Waals surface area contributed by atoms with E-state index in [-0.39, 0.29) is 38.7 Å². The van der Waals surface area contributed by atoms with Gasteiger partial charge in [-0.1, -0.05) is 43.1 Å². The summed E-state index contributed by atoms with van der Waals surface area (Å²) in [5.41, 5.74) is 0.119. The minimum atomic E-state index is -3.92. The number of hydrogen-bond donors (Lipinski definition) is 2. The standard InChI is InChI=1S/C17H17Cl2FN2O3S/c1-10(2)9-21-26(24,25)16-7-13(14(18)8-15(16)19)17(23)22-12-5-3-4-11(20)6-12/h3-8,10,21H,9H2,1-2H3,(H,22,23). The third-order valence-corrected chi connectivity index (χ3v) is 5.52. The lowest BCUT2D eigenvalue weighted by atomic mass is 10.2. The summed E-state index contributed by atoms with van der Waals surface area (Å²) in [6, 6.07) is 7.57. The van der Waals surface area contributed by atoms with Crippen molar-refractivity contribution in [1.29, 1.82) is 0 Å². The van der Waals surface area contributed by atoms with Gasteiger partial charge in [-0.05, 0) is 36.2 Å². The number of anilines is 1. The molecule has 0 saturated heterocycles. The zero-order valence-corrected chi connectivity index (χ0v) is 16.3. The predicted octanol–water partition coefficient (Wildman–Crippen LogP) is 4.32. The fraction of sp³-hybridized carbons (Fsp3) is 0.235. The normalized spacial score (nSPS) is 11.6. The number of hydrogen-bond acceptors (Lipinski definition) is 3. The van der Waals surface area contributed by atoms with Crippen molar-refractivity contribution in [3.63, 3.8) is 0 Å². The first-order valence-electron chi connectivity index (χ1n) is 7.66. The molecule has 0 aliphatic heterocycles. The van der Waals surface area contributed by atoms with Crippen LogP contribution in [0, 0.1) is 11.7 Å². The summed E-state index contributed by atoms with van der Waals surface area (Å²) in [4.78, 5) is 12.2. The van der Waals surface area contributed by atoms with E-state index < -0.39 is 21.7 Å². The molecular weight excluding hydrogens is 402 g/mol. The lowest BCUT2D eigenvalue weighted by Crippen LogP contribution is -2.28. The molecule has 0 unspecified atom stereocenters. The first kappa shape index (κ1) is 20.6. The zero-order chi connectivity index (χ0) is 19.5. The van der Waals surface area contributed by atoms with Crippen LogP contribution in [0.5, 0.6) is 0 Å². The molecule has 5 nitrogen and oxygen atoms in total. The molecule has 1 amide bonds. The number of nitrogens with one attached hydrogen (secondary N) is 2. The molecule has 2 aromatic rings. The summed E-state index contributed by atoms with van der Waals surface area (Å²) in [5.74, 6) is -1.12. The Balaban J connectivity index is 2.36. The van der Waals surface area contributed by atoms with Gasteiger partial charge in [-0.25, -0.2) is 17.5 Å². The highest BCUT2D eigenvalue weighted by Crippen LogP contribution is 2.29. The number of carbonyl (C=O) groups excluding carboxylic acids is 1. The molecule has 9 heteroatoms. The van der Waals surface area contributed by atoms with Crippen molar-refractivity contribution in [2.45, 2.75) is 18.7 Å². The maximum absolute atomic E-state index is 13.2. The number of sulfonamides is 1. The van der Waals surface area contributed by atoms with Gasteiger partial charge in [0.25, 0.3) is 5.91 Å². The van der Waals surface area contributed by atoms with Crippen LogP contribution in [0.15, 0.2) is 41.3 Å². The molecule has 0 saturated carbocycles. The molecule has 0 aromatic heterocycles. The molecule has 0 spiro atoms. The van der Waals surface area contributed by atoms with Gasteiger partial charge in [0.15, 0.2) is 0 Å². The molecule has 2 N–H and O–H groups in total. The number of carbonyl (C=O) groups is 1. The third kappa shape index (κ3) is 5.17. The van der Waals surface area contributed by atoms with Crippen LogP contribution in [0.4, 0.5) is 10.1 Å². The van der Waals surface area contributed by atoms with E-state index in [1.165, 1.54) is 24.3 Å². The average molecular weight is 419 g/mol. The zero-order valence-electron chi connectivity index (χ0n) is 14.0. The Morgan fingerprint density at radius 3 is 2.46 bits per heavy atom. The fourth-order valence-electron chi connectivity index (χ4n) is 2.03. The first-order valence-corrected chi connectivity index (χ1v) is 9.89. The van der Waals surface area contributed by atoms with E-state index in [4.69, 9.17) is 23.2 Å². The number of halogens is 3. The van der Waals surface area contributed by atoms with Gasteiger partial charge in [-0.15, -0.1) is 0 Å². The highest BCUT2D eigenvalue weighted by atomic mass is 35.5. The van der Waals surface area contributed by atoms with E-state index in [2.05, 4.69) is 10.0 Å². The van der Waals surface area contributed by atoms with Gasteiger partial charge >= 0.3 is 0 Å². The van der Waals surface area contributed by atoms with Crippen molar-refractivity contribution in [2.75, 3.05) is 11.9 Å². The molecule has 2 rings (SSSR count). The Labute approximate surface area is 161 Å². The SMILES string of the molecule is CC(C)CNS(=O)(=O)c1cc(C(=O)Nc2cccc(F)c2)c(Cl)cc1Cl. The van der Waals surface area contributed by atoms with Crippen LogP contribution in [0.25, 0.3) is 0 Å². The Morgan fingerprint density at radius 1 is 1.15 bits per heavy atom. The number of rotatable bonds is 6. The fourth-order valence-corrected chi connectivity index (χ4v) is 4.10. The van der Waals surface area contributed by atoms with Gasteiger partial charge in [0.1, 0.15) is 10.7 Å². The molecule has 0 bridgehead atoms. The van der Waals surface area contributed by atoms with Gasteiger partial charge in [0.2, 0.25) is 10.0 Å². The highest BCUT2D eigenvalue weighted by Gasteiger charge is 2.23. The van der Waals surface area contributed by atoms with Crippen LogP contribution in [0.2, 0.25) is 10.0 Å². The molecule has 0 atom stereocenters. The smallest absolute Gasteiger partial charge is 0.257 e. The quantitative estimate of drug-likeness (QED) is 0.733. The Morgan fingerprint density at radius 2 is 1.85 bits per heavy atom. The van der Waals surface area contributed by atoms with Crippen LogP contribution >= 0.6 is 23.2 Å². The highest BCUT2D eigenvalue weighted by molar-refractivity contribution is 7.89. The molecule has 2 aromatic carbocycles. The summed E-state index contributed by atoms with van der Waals surface area (Å²) in [5, 5.41) is 2.34. The molecule has 26 heavy (non-hydrogen) atoms. The van der Waals surface area contributed by atoms with Gasteiger partial charge in [-0.2, -0.15) is 0 Å². The minimum absolute atomic E-state index is 0.0216. The third-order valence-electron chi connectivity index (χ3n) is 3.32. The topological polar surface area (TPSA) is 75.3 Å². The largest absolute Gasteiger partial charge is 0.322 e. The molecule has 0 heterocycles. The minimum Gasteiger partial charge on any atom is -0.322 e. The molecule has 0 aliphatic carbocycles. The van der Waals surface area contributed by atoms with Crippen molar-refractivity contribution < 1.29 is 17.6 Å². The molecule has 140 valence electrons. The van der Waals surface area contributed by atoms with Crippen LogP contribution < -0.4 is 10.0 Å². The Kier molecular flexibility index (Phi) is 6.63. The Bertz CT molecular complexity index is 934. The van der Waals surface area contributed by atoms with Crippen LogP contribution in [0.3, 0.4) is 0 Å². The number of benzene rings is 2. The Hall–Kier alpha value is -1.67. The second-order valence-electron chi connectivity index (χ2n) is 5.97. The van der Waals surface area contributed by atoms with Crippen LogP contribution in [-0.4, -0.2) is 20.9 Å². The maximum atomic E-state index is 13.2. The lowest BCUT2D eigenvalue weighted by molar-refractivity contribution is 0.102. The van der Waals surface area contributed by atoms with Crippen molar-refractivity contribution in [3.05, 3.63) is 57.8 Å². The van der Waals surface area contributed by atoms with Gasteiger partial charge in [0.05, 0.1) is 15.6 Å². The van der Waals surface area contributed by atoms with Crippen molar-refractivity contribution in [3.8, 4) is 0 Å². The monoisotopic (exact) mass is 418 g/mol. The van der Waals surface area contributed by atoms with Gasteiger partial charge in [0, 0.05) is 12.2 Å². The van der Waals surface area contributed by atoms with Crippen molar-refractivity contribution >= 4 is 44.8 Å². The van der Waals surface area contributed by atoms with Gasteiger partial charge < -0.3 is 5.32 Å². The summed E-state index contributed by atoms with van der Waals surface area (Å²) >= 11 is 12.0. The van der Waals surface area contributed by atoms with Crippen molar-refractivity contribution in [1.82, 2.24) is 4.72 Å². The van der Waals surface area contributed by atoms with E-state index in [1.807, 2.05) is 13.8 Å². The van der Waals surface area contributed by atoms with E-state index in [9.17, 15) is 17.6 Å². The number of amides is 1. The van der Waals surface area contributed by atoms with E-state index in [1.54, 1.807) is 0 Å². The molecule has 0 fully saturated rings. The molecule has 0 radical (unpaired) electrons. The van der Waals surface area contributed by atoms with E-state index in [0.717, 1.165) is 12.1 Å². The van der Waals surface area contributed by atoms with E-state index >= 15 is 0 Å². The van der Waals surface area contributed by atoms with Crippen LogP contribution in [-0.2, 0) is 10.0 Å². The second-order valence-corrected chi connectivity index (χ2v) is 8.52. The lowest BCUT2D eigenvalue weighted by Gasteiger charge is -2.13. The summed E-state index contributed by atoms with van der Waals surface area (Å²) < 4.78 is 40.5.